The van der Waals surface area contributed by atoms with E-state index in [9.17, 15) is 10.1 Å². The van der Waals surface area contributed by atoms with E-state index in [1.807, 2.05) is 18.2 Å². The Morgan fingerprint density at radius 1 is 1.52 bits per heavy atom. The summed E-state index contributed by atoms with van der Waals surface area (Å²) in [5, 5.41) is 12.2. The van der Waals surface area contributed by atoms with Gasteiger partial charge < -0.3 is 10.3 Å². The molecule has 1 aromatic rings. The van der Waals surface area contributed by atoms with Crippen LogP contribution in [-0.4, -0.2) is 16.9 Å². The summed E-state index contributed by atoms with van der Waals surface area (Å²) < 4.78 is 0. The van der Waals surface area contributed by atoms with E-state index in [2.05, 4.69) is 31.1 Å². The van der Waals surface area contributed by atoms with Crippen LogP contribution < -0.4 is 5.32 Å². The molecule has 2 atom stereocenters. The highest BCUT2D eigenvalue weighted by atomic mass is 16.1. The largest absolute Gasteiger partial charge is 0.362 e. The molecule has 0 aromatic carbocycles. The Bertz CT molecular complexity index is 563. The molecular weight excluding hydrogens is 262 g/mol. The zero-order valence-electron chi connectivity index (χ0n) is 12.9. The van der Waals surface area contributed by atoms with E-state index in [1.165, 1.54) is 6.42 Å². The van der Waals surface area contributed by atoms with Crippen LogP contribution in [0, 0.1) is 22.7 Å². The number of rotatable bonds is 3. The normalized spacial score (nSPS) is 25.1. The Morgan fingerprint density at radius 3 is 2.86 bits per heavy atom. The van der Waals surface area contributed by atoms with E-state index in [1.54, 1.807) is 12.3 Å². The lowest BCUT2D eigenvalue weighted by atomic mass is 9.70. The molecule has 1 aromatic heterocycles. The van der Waals surface area contributed by atoms with Crippen LogP contribution in [0.3, 0.4) is 0 Å². The molecule has 21 heavy (non-hydrogen) atoms. The summed E-state index contributed by atoms with van der Waals surface area (Å²) in [7, 11) is 0. The van der Waals surface area contributed by atoms with Gasteiger partial charge in [0.2, 0.25) is 0 Å². The van der Waals surface area contributed by atoms with E-state index >= 15 is 0 Å². The van der Waals surface area contributed by atoms with Crippen molar-refractivity contribution in [3.8, 4) is 6.07 Å². The van der Waals surface area contributed by atoms with E-state index in [0.717, 1.165) is 18.5 Å². The average Bonchev–Trinajstić information content (AvgIpc) is 2.85. The fraction of sp³-hybridized carbons (Fsp3) is 0.529. The van der Waals surface area contributed by atoms with Crippen LogP contribution in [0.2, 0.25) is 0 Å². The lowest BCUT2D eigenvalue weighted by Crippen LogP contribution is -2.43. The third-order valence-electron chi connectivity index (χ3n) is 4.01. The van der Waals surface area contributed by atoms with Gasteiger partial charge in [-0.3, -0.25) is 4.79 Å². The first kappa shape index (κ1) is 15.4. The van der Waals surface area contributed by atoms with E-state index in [-0.39, 0.29) is 22.9 Å². The Kier molecular flexibility index (Phi) is 4.52. The smallest absolute Gasteiger partial charge is 0.262 e. The molecule has 1 aliphatic carbocycles. The predicted octanol–water partition coefficient (Wildman–Crippen LogP) is 3.25. The van der Waals surface area contributed by atoms with Crippen LogP contribution in [0.15, 0.2) is 23.9 Å². The zero-order chi connectivity index (χ0) is 15.5. The number of amides is 1. The number of hydrogen-bond acceptors (Lipinski definition) is 2. The first-order valence-electron chi connectivity index (χ1n) is 7.46. The van der Waals surface area contributed by atoms with Crippen LogP contribution >= 0.6 is 0 Å². The maximum Gasteiger partial charge on any atom is 0.262 e. The van der Waals surface area contributed by atoms with Gasteiger partial charge in [-0.15, -0.1) is 0 Å². The summed E-state index contributed by atoms with van der Waals surface area (Å²) in [6.45, 7) is 6.70. The number of carbonyl (C=O) groups excluding carboxylic acids is 1. The van der Waals surface area contributed by atoms with Crippen molar-refractivity contribution in [1.82, 2.24) is 10.3 Å². The van der Waals surface area contributed by atoms with Crippen LogP contribution in [0.4, 0.5) is 0 Å². The van der Waals surface area contributed by atoms with E-state index < -0.39 is 0 Å². The molecule has 1 saturated carbocycles. The molecule has 1 heterocycles. The minimum atomic E-state index is -0.276. The number of nitrogens with one attached hydrogen (secondary N) is 2. The van der Waals surface area contributed by atoms with Gasteiger partial charge in [0.05, 0.1) is 0 Å². The molecule has 1 aliphatic rings. The molecule has 0 aliphatic heterocycles. The minimum Gasteiger partial charge on any atom is -0.362 e. The van der Waals surface area contributed by atoms with Gasteiger partial charge in [0.25, 0.3) is 5.91 Å². The number of nitrogens with zero attached hydrogens (tertiary/aromatic N) is 1. The summed E-state index contributed by atoms with van der Waals surface area (Å²) in [6.07, 6.45) is 6.49. The lowest BCUT2D eigenvalue weighted by molar-refractivity contribution is -0.118. The maximum atomic E-state index is 12.3. The van der Waals surface area contributed by atoms with Crippen LogP contribution in [0.1, 0.15) is 45.7 Å². The van der Waals surface area contributed by atoms with Crippen molar-refractivity contribution in [2.24, 2.45) is 11.3 Å². The highest BCUT2D eigenvalue weighted by Crippen LogP contribution is 2.38. The molecule has 0 spiro atoms. The standard InChI is InChI=1S/C17H23N3O/c1-12-7-15(10-17(2,3)9-12)20-16(21)13(11-18)8-14-5-4-6-19-14/h4-6,8,12,15,19H,7,9-10H2,1-3H3,(H,20,21)/b13-8+/t12-,15+/m0/s1. The molecule has 0 saturated heterocycles. The molecule has 0 unspecified atom stereocenters. The SMILES string of the molecule is C[C@H]1C[C@@H](NC(=O)/C(C#N)=C/c2ccc[nH]2)CC(C)(C)C1. The van der Waals surface area contributed by atoms with Crippen molar-refractivity contribution in [2.45, 2.75) is 46.1 Å². The van der Waals surface area contributed by atoms with Gasteiger partial charge in [0.15, 0.2) is 0 Å². The van der Waals surface area contributed by atoms with Gasteiger partial charge in [-0.25, -0.2) is 0 Å². The first-order chi connectivity index (χ1) is 9.89. The topological polar surface area (TPSA) is 68.7 Å². The molecule has 1 fully saturated rings. The summed E-state index contributed by atoms with van der Waals surface area (Å²) in [5.74, 6) is 0.318. The lowest BCUT2D eigenvalue weighted by Gasteiger charge is -2.39. The van der Waals surface area contributed by atoms with Gasteiger partial charge in [0, 0.05) is 17.9 Å². The number of H-pyrrole nitrogens is 1. The average molecular weight is 285 g/mol. The van der Waals surface area contributed by atoms with Crippen molar-refractivity contribution in [3.05, 3.63) is 29.6 Å². The van der Waals surface area contributed by atoms with E-state index in [4.69, 9.17) is 0 Å². The fourth-order valence-electron chi connectivity index (χ4n) is 3.46. The summed E-state index contributed by atoms with van der Waals surface area (Å²) >= 11 is 0. The fourth-order valence-corrected chi connectivity index (χ4v) is 3.46. The predicted molar refractivity (Wildman–Crippen MR) is 83.1 cm³/mol. The second-order valence-electron chi connectivity index (χ2n) is 6.88. The Hall–Kier alpha value is -2.02. The summed E-state index contributed by atoms with van der Waals surface area (Å²) in [5.41, 5.74) is 1.15. The van der Waals surface area contributed by atoms with Crippen LogP contribution in [0.5, 0.6) is 0 Å². The molecule has 4 heteroatoms. The quantitative estimate of drug-likeness (QED) is 0.661. The van der Waals surface area contributed by atoms with Crippen molar-refractivity contribution in [3.63, 3.8) is 0 Å². The van der Waals surface area contributed by atoms with Gasteiger partial charge in [-0.1, -0.05) is 20.8 Å². The van der Waals surface area contributed by atoms with Crippen molar-refractivity contribution >= 4 is 12.0 Å². The molecule has 112 valence electrons. The molecule has 0 radical (unpaired) electrons. The van der Waals surface area contributed by atoms with Gasteiger partial charge in [0.1, 0.15) is 11.6 Å². The van der Waals surface area contributed by atoms with Crippen LogP contribution in [0.25, 0.3) is 6.08 Å². The Morgan fingerprint density at radius 2 is 2.29 bits per heavy atom. The van der Waals surface area contributed by atoms with Gasteiger partial charge in [-0.2, -0.15) is 5.26 Å². The number of hydrogen-bond donors (Lipinski definition) is 2. The van der Waals surface area contributed by atoms with Gasteiger partial charge >= 0.3 is 0 Å². The monoisotopic (exact) mass is 285 g/mol. The summed E-state index contributed by atoms with van der Waals surface area (Å²) in [4.78, 5) is 15.2. The van der Waals surface area contributed by atoms with Crippen molar-refractivity contribution in [2.75, 3.05) is 0 Å². The second-order valence-corrected chi connectivity index (χ2v) is 6.88. The summed E-state index contributed by atoms with van der Waals surface area (Å²) in [6, 6.07) is 5.81. The second kappa shape index (κ2) is 6.17. The Labute approximate surface area is 126 Å². The highest BCUT2D eigenvalue weighted by Gasteiger charge is 2.33. The Balaban J connectivity index is 2.05. The van der Waals surface area contributed by atoms with Gasteiger partial charge in [-0.05, 0) is 48.8 Å². The molecule has 2 N–H and O–H groups in total. The zero-order valence-corrected chi connectivity index (χ0v) is 12.9. The molecule has 0 bridgehead atoms. The minimum absolute atomic E-state index is 0.147. The third-order valence-corrected chi connectivity index (χ3v) is 4.01. The number of aromatic nitrogens is 1. The molecule has 1 amide bonds. The van der Waals surface area contributed by atoms with E-state index in [0.29, 0.717) is 5.92 Å². The third kappa shape index (κ3) is 4.22. The molecular formula is C17H23N3O. The number of aromatic amines is 1. The number of nitriles is 1. The highest BCUT2D eigenvalue weighted by molar-refractivity contribution is 6.01. The first-order valence-corrected chi connectivity index (χ1v) is 7.46. The molecule has 2 rings (SSSR count). The molecule has 4 nitrogen and oxygen atoms in total. The van der Waals surface area contributed by atoms with Crippen molar-refractivity contribution in [1.29, 1.82) is 5.26 Å². The van der Waals surface area contributed by atoms with Crippen LogP contribution in [-0.2, 0) is 4.79 Å². The van der Waals surface area contributed by atoms with Crippen molar-refractivity contribution < 1.29 is 4.79 Å². The maximum absolute atomic E-state index is 12.3. The number of carbonyl (C=O) groups is 1.